The molecule has 3 nitrogen and oxygen atoms in total. The molecule has 2 aromatic carbocycles. The first-order chi connectivity index (χ1) is 9.95. The lowest BCUT2D eigenvalue weighted by molar-refractivity contribution is -0.115. The first kappa shape index (κ1) is 14.9. The van der Waals surface area contributed by atoms with Gasteiger partial charge in [0.2, 0.25) is 5.91 Å². The monoisotopic (exact) mass is 384 g/mol. The van der Waals surface area contributed by atoms with Gasteiger partial charge < -0.3 is 11.1 Å². The fourth-order valence-corrected chi connectivity index (χ4v) is 3.11. The molecule has 21 heavy (non-hydrogen) atoms. The lowest BCUT2D eigenvalue weighted by Gasteiger charge is -2.16. The quantitative estimate of drug-likeness (QED) is 0.809. The van der Waals surface area contributed by atoms with Crippen LogP contribution >= 0.6 is 39.1 Å². The zero-order valence-corrected chi connectivity index (χ0v) is 13.9. The molecule has 1 aliphatic heterocycles. The van der Waals surface area contributed by atoms with Gasteiger partial charge in [0, 0.05) is 15.2 Å². The SMILES string of the molecule is NC(c1ccc(Br)c(Cl)c1)c1cc2c(cc1Cl)NC(=O)C2. The number of carbonyl (C=O) groups excluding carboxylic acids is 1. The Kier molecular flexibility index (Phi) is 3.97. The Labute approximate surface area is 140 Å². The molecule has 1 amide bonds. The zero-order chi connectivity index (χ0) is 15.1. The molecule has 0 saturated heterocycles. The van der Waals surface area contributed by atoms with Gasteiger partial charge in [0.25, 0.3) is 0 Å². The van der Waals surface area contributed by atoms with E-state index in [1.807, 2.05) is 24.3 Å². The molecule has 0 saturated carbocycles. The second kappa shape index (κ2) is 5.61. The third kappa shape index (κ3) is 2.81. The lowest BCUT2D eigenvalue weighted by atomic mass is 9.97. The van der Waals surface area contributed by atoms with Crippen LogP contribution in [-0.4, -0.2) is 5.91 Å². The molecule has 1 aliphatic rings. The van der Waals surface area contributed by atoms with E-state index < -0.39 is 6.04 Å². The molecule has 0 aliphatic carbocycles. The molecular formula is C15H11BrCl2N2O. The van der Waals surface area contributed by atoms with Crippen LogP contribution < -0.4 is 11.1 Å². The van der Waals surface area contributed by atoms with E-state index in [4.69, 9.17) is 28.9 Å². The number of halogens is 3. The Hall–Kier alpha value is -1.07. The first-order valence-electron chi connectivity index (χ1n) is 6.28. The Morgan fingerprint density at radius 3 is 2.67 bits per heavy atom. The highest BCUT2D eigenvalue weighted by Crippen LogP contribution is 2.35. The van der Waals surface area contributed by atoms with Gasteiger partial charge in [0.15, 0.2) is 0 Å². The number of anilines is 1. The van der Waals surface area contributed by atoms with Crippen LogP contribution in [0.2, 0.25) is 10.0 Å². The zero-order valence-electron chi connectivity index (χ0n) is 10.8. The predicted octanol–water partition coefficient (Wildman–Crippen LogP) is 4.30. The first-order valence-corrected chi connectivity index (χ1v) is 7.83. The van der Waals surface area contributed by atoms with Gasteiger partial charge in [-0.15, -0.1) is 0 Å². The van der Waals surface area contributed by atoms with Gasteiger partial charge in [-0.3, -0.25) is 4.79 Å². The molecule has 2 aromatic rings. The highest BCUT2D eigenvalue weighted by molar-refractivity contribution is 9.10. The van der Waals surface area contributed by atoms with Crippen molar-refractivity contribution in [2.24, 2.45) is 5.73 Å². The number of hydrogen-bond acceptors (Lipinski definition) is 2. The normalized spacial score (nSPS) is 14.8. The summed E-state index contributed by atoms with van der Waals surface area (Å²) >= 11 is 15.8. The summed E-state index contributed by atoms with van der Waals surface area (Å²) in [7, 11) is 0. The van der Waals surface area contributed by atoms with E-state index in [1.54, 1.807) is 6.07 Å². The maximum Gasteiger partial charge on any atom is 0.228 e. The number of amides is 1. The van der Waals surface area contributed by atoms with Crippen LogP contribution in [-0.2, 0) is 11.2 Å². The lowest BCUT2D eigenvalue weighted by Crippen LogP contribution is -2.12. The van der Waals surface area contributed by atoms with Gasteiger partial charge in [0.05, 0.1) is 17.5 Å². The third-order valence-electron chi connectivity index (χ3n) is 3.49. The molecule has 6 heteroatoms. The van der Waals surface area contributed by atoms with E-state index in [0.29, 0.717) is 16.5 Å². The largest absolute Gasteiger partial charge is 0.325 e. The molecule has 1 atom stereocenters. The van der Waals surface area contributed by atoms with Gasteiger partial charge in [-0.2, -0.15) is 0 Å². The standard InChI is InChI=1S/C15H11BrCl2N2O/c16-10-2-1-7(4-12(10)18)15(19)9-3-8-5-14(21)20-13(8)6-11(9)17/h1-4,6,15H,5,19H2,(H,20,21). The summed E-state index contributed by atoms with van der Waals surface area (Å²) in [6.45, 7) is 0. The van der Waals surface area contributed by atoms with Crippen molar-refractivity contribution in [1.82, 2.24) is 0 Å². The van der Waals surface area contributed by atoms with Crippen molar-refractivity contribution in [3.8, 4) is 0 Å². The summed E-state index contributed by atoms with van der Waals surface area (Å²) in [5, 5.41) is 3.89. The Balaban J connectivity index is 2.02. The van der Waals surface area contributed by atoms with Crippen LogP contribution in [0.1, 0.15) is 22.7 Å². The number of nitrogens with two attached hydrogens (primary N) is 1. The molecule has 0 fully saturated rings. The number of hydrogen-bond donors (Lipinski definition) is 2. The van der Waals surface area contributed by atoms with Crippen LogP contribution in [0.15, 0.2) is 34.8 Å². The van der Waals surface area contributed by atoms with Crippen molar-refractivity contribution in [3.63, 3.8) is 0 Å². The second-order valence-corrected chi connectivity index (χ2v) is 6.58. The van der Waals surface area contributed by atoms with E-state index in [-0.39, 0.29) is 5.91 Å². The number of benzene rings is 2. The summed E-state index contributed by atoms with van der Waals surface area (Å²) in [6.07, 6.45) is 0.354. The summed E-state index contributed by atoms with van der Waals surface area (Å²) in [5.41, 5.74) is 9.62. The van der Waals surface area contributed by atoms with Gasteiger partial charge in [0.1, 0.15) is 0 Å². The molecule has 0 radical (unpaired) electrons. The van der Waals surface area contributed by atoms with E-state index in [0.717, 1.165) is 26.9 Å². The summed E-state index contributed by atoms with van der Waals surface area (Å²) in [5.74, 6) is -0.0292. The Morgan fingerprint density at radius 2 is 1.95 bits per heavy atom. The second-order valence-electron chi connectivity index (χ2n) is 4.91. The van der Waals surface area contributed by atoms with Gasteiger partial charge in [-0.05, 0) is 56.9 Å². The average Bonchev–Trinajstić information content (AvgIpc) is 2.79. The number of fused-ring (bicyclic) bond motifs is 1. The van der Waals surface area contributed by atoms with Crippen molar-refractivity contribution >= 4 is 50.7 Å². The predicted molar refractivity (Wildman–Crippen MR) is 89.0 cm³/mol. The molecule has 3 rings (SSSR count). The smallest absolute Gasteiger partial charge is 0.228 e. The Morgan fingerprint density at radius 1 is 1.19 bits per heavy atom. The molecule has 0 bridgehead atoms. The van der Waals surface area contributed by atoms with Gasteiger partial charge >= 0.3 is 0 Å². The molecule has 0 aromatic heterocycles. The van der Waals surface area contributed by atoms with E-state index >= 15 is 0 Å². The molecule has 108 valence electrons. The van der Waals surface area contributed by atoms with Crippen molar-refractivity contribution in [3.05, 3.63) is 61.5 Å². The average molecular weight is 386 g/mol. The third-order valence-corrected chi connectivity index (χ3v) is 5.05. The van der Waals surface area contributed by atoms with Crippen LogP contribution in [0.4, 0.5) is 5.69 Å². The minimum Gasteiger partial charge on any atom is -0.325 e. The fourth-order valence-electron chi connectivity index (χ4n) is 2.39. The van der Waals surface area contributed by atoms with Crippen molar-refractivity contribution in [2.45, 2.75) is 12.5 Å². The van der Waals surface area contributed by atoms with Gasteiger partial charge in [-0.1, -0.05) is 29.3 Å². The van der Waals surface area contributed by atoms with Crippen molar-refractivity contribution < 1.29 is 4.79 Å². The van der Waals surface area contributed by atoms with Gasteiger partial charge in [-0.25, -0.2) is 0 Å². The van der Waals surface area contributed by atoms with E-state index in [9.17, 15) is 4.79 Å². The molecule has 0 spiro atoms. The minimum absolute atomic E-state index is 0.0292. The topological polar surface area (TPSA) is 55.1 Å². The molecular weight excluding hydrogens is 375 g/mol. The van der Waals surface area contributed by atoms with Crippen LogP contribution in [0.25, 0.3) is 0 Å². The number of nitrogens with one attached hydrogen (secondary N) is 1. The number of rotatable bonds is 2. The molecule has 1 unspecified atom stereocenters. The maximum absolute atomic E-state index is 11.4. The molecule has 1 heterocycles. The van der Waals surface area contributed by atoms with Crippen LogP contribution in [0, 0.1) is 0 Å². The van der Waals surface area contributed by atoms with Crippen LogP contribution in [0.3, 0.4) is 0 Å². The highest BCUT2D eigenvalue weighted by atomic mass is 79.9. The Bertz CT molecular complexity index is 749. The fraction of sp³-hybridized carbons (Fsp3) is 0.133. The van der Waals surface area contributed by atoms with Crippen molar-refractivity contribution in [2.75, 3.05) is 5.32 Å². The number of carbonyl (C=O) groups is 1. The maximum atomic E-state index is 11.4. The summed E-state index contributed by atoms with van der Waals surface area (Å²) in [6, 6.07) is 8.79. The van der Waals surface area contributed by atoms with Crippen molar-refractivity contribution in [1.29, 1.82) is 0 Å². The van der Waals surface area contributed by atoms with E-state index in [2.05, 4.69) is 21.2 Å². The minimum atomic E-state index is -0.399. The van der Waals surface area contributed by atoms with E-state index in [1.165, 1.54) is 0 Å². The summed E-state index contributed by atoms with van der Waals surface area (Å²) < 4.78 is 0.815. The summed E-state index contributed by atoms with van der Waals surface area (Å²) in [4.78, 5) is 11.4. The highest BCUT2D eigenvalue weighted by Gasteiger charge is 2.22. The van der Waals surface area contributed by atoms with Crippen LogP contribution in [0.5, 0.6) is 0 Å². The molecule has 3 N–H and O–H groups in total.